The minimum absolute atomic E-state index is 0.142. The summed E-state index contributed by atoms with van der Waals surface area (Å²) in [5, 5.41) is 0. The fraction of sp³-hybridized carbons (Fsp3) is 0.889. The molecule has 1 spiro atoms. The first kappa shape index (κ1) is 8.97. The van der Waals surface area contributed by atoms with E-state index >= 15 is 0 Å². The molecular weight excluding hydrogens is 168 g/mol. The Kier molecular flexibility index (Phi) is 1.85. The summed E-state index contributed by atoms with van der Waals surface area (Å²) in [4.78, 5) is 11.3. The first-order valence-corrected chi connectivity index (χ1v) is 4.77. The van der Waals surface area contributed by atoms with E-state index in [4.69, 9.17) is 16.2 Å². The standard InChI is InChI=1S/C9H16N2O2/c10-7(12)9(11)4-5-13-6-8(9)2-1-3-8/h1-6,11H2,(H2,10,12). The van der Waals surface area contributed by atoms with Gasteiger partial charge in [0.05, 0.1) is 6.61 Å². The Bertz CT molecular complexity index is 238. The maximum atomic E-state index is 11.3. The van der Waals surface area contributed by atoms with Crippen molar-refractivity contribution in [3.63, 3.8) is 0 Å². The van der Waals surface area contributed by atoms with E-state index in [0.29, 0.717) is 19.6 Å². The van der Waals surface area contributed by atoms with Gasteiger partial charge in [0.25, 0.3) is 0 Å². The van der Waals surface area contributed by atoms with Crippen LogP contribution in [0.1, 0.15) is 25.7 Å². The van der Waals surface area contributed by atoms with Gasteiger partial charge in [0.1, 0.15) is 5.54 Å². The fourth-order valence-corrected chi connectivity index (χ4v) is 2.47. The van der Waals surface area contributed by atoms with Crippen LogP contribution in [0.4, 0.5) is 0 Å². The second-order valence-electron chi connectivity index (χ2n) is 4.27. The first-order valence-electron chi connectivity index (χ1n) is 4.77. The Balaban J connectivity index is 2.27. The Labute approximate surface area is 77.6 Å². The van der Waals surface area contributed by atoms with Crippen LogP contribution >= 0.6 is 0 Å². The van der Waals surface area contributed by atoms with E-state index in [1.54, 1.807) is 0 Å². The summed E-state index contributed by atoms with van der Waals surface area (Å²) in [5.41, 5.74) is 10.5. The number of ether oxygens (including phenoxy) is 1. The van der Waals surface area contributed by atoms with Crippen LogP contribution in [0, 0.1) is 5.41 Å². The molecule has 0 aromatic rings. The zero-order chi connectivity index (χ0) is 9.53. The molecule has 0 aromatic carbocycles. The largest absolute Gasteiger partial charge is 0.381 e. The lowest BCUT2D eigenvalue weighted by molar-refractivity contribution is -0.150. The minimum atomic E-state index is -0.816. The highest BCUT2D eigenvalue weighted by atomic mass is 16.5. The van der Waals surface area contributed by atoms with Crippen molar-refractivity contribution in [2.75, 3.05) is 13.2 Å². The second-order valence-corrected chi connectivity index (χ2v) is 4.27. The number of primary amides is 1. The number of rotatable bonds is 1. The molecule has 1 amide bonds. The van der Waals surface area contributed by atoms with Crippen molar-refractivity contribution < 1.29 is 9.53 Å². The molecule has 4 N–H and O–H groups in total. The van der Waals surface area contributed by atoms with Crippen LogP contribution in [0.2, 0.25) is 0 Å². The number of hydrogen-bond acceptors (Lipinski definition) is 3. The quantitative estimate of drug-likeness (QED) is 0.590. The third-order valence-corrected chi connectivity index (χ3v) is 3.72. The van der Waals surface area contributed by atoms with Crippen molar-refractivity contribution >= 4 is 5.91 Å². The number of carbonyl (C=O) groups is 1. The van der Waals surface area contributed by atoms with E-state index in [-0.39, 0.29) is 11.3 Å². The summed E-state index contributed by atoms with van der Waals surface area (Å²) in [6, 6.07) is 0. The van der Waals surface area contributed by atoms with Crippen molar-refractivity contribution in [2.24, 2.45) is 16.9 Å². The van der Waals surface area contributed by atoms with Gasteiger partial charge in [-0.15, -0.1) is 0 Å². The van der Waals surface area contributed by atoms with Gasteiger partial charge in [0, 0.05) is 12.0 Å². The molecule has 1 atom stereocenters. The molecule has 1 saturated carbocycles. The van der Waals surface area contributed by atoms with Gasteiger partial charge in [-0.05, 0) is 19.3 Å². The molecule has 1 heterocycles. The molecule has 0 bridgehead atoms. The summed E-state index contributed by atoms with van der Waals surface area (Å²) in [5.74, 6) is -0.365. The number of carbonyl (C=O) groups excluding carboxylic acids is 1. The van der Waals surface area contributed by atoms with Gasteiger partial charge < -0.3 is 16.2 Å². The molecule has 2 aliphatic rings. The van der Waals surface area contributed by atoms with E-state index in [2.05, 4.69) is 0 Å². The molecular formula is C9H16N2O2. The molecule has 13 heavy (non-hydrogen) atoms. The van der Waals surface area contributed by atoms with Crippen LogP contribution in [-0.2, 0) is 9.53 Å². The van der Waals surface area contributed by atoms with Crippen LogP contribution in [0.3, 0.4) is 0 Å². The predicted octanol–water partition coefficient (Wildman–Crippen LogP) is -0.240. The Morgan fingerprint density at radius 1 is 1.31 bits per heavy atom. The van der Waals surface area contributed by atoms with Gasteiger partial charge in [-0.1, -0.05) is 6.42 Å². The summed E-state index contributed by atoms with van der Waals surface area (Å²) >= 11 is 0. The minimum Gasteiger partial charge on any atom is -0.381 e. The van der Waals surface area contributed by atoms with Crippen molar-refractivity contribution in [1.29, 1.82) is 0 Å². The van der Waals surface area contributed by atoms with Crippen molar-refractivity contribution in [1.82, 2.24) is 0 Å². The van der Waals surface area contributed by atoms with Crippen molar-refractivity contribution in [2.45, 2.75) is 31.2 Å². The lowest BCUT2D eigenvalue weighted by Crippen LogP contribution is -2.69. The lowest BCUT2D eigenvalue weighted by atomic mass is 9.55. The highest BCUT2D eigenvalue weighted by Crippen LogP contribution is 2.51. The second kappa shape index (κ2) is 2.69. The Hall–Kier alpha value is -0.610. The number of amides is 1. The van der Waals surface area contributed by atoms with Crippen LogP contribution in [0.25, 0.3) is 0 Å². The third kappa shape index (κ3) is 1.02. The lowest BCUT2D eigenvalue weighted by Gasteiger charge is -2.54. The number of nitrogens with two attached hydrogens (primary N) is 2. The van der Waals surface area contributed by atoms with E-state index < -0.39 is 5.54 Å². The summed E-state index contributed by atoms with van der Waals surface area (Å²) < 4.78 is 5.39. The van der Waals surface area contributed by atoms with Gasteiger partial charge in [-0.2, -0.15) is 0 Å². The highest BCUT2D eigenvalue weighted by Gasteiger charge is 2.57. The normalized spacial score (nSPS) is 37.0. The molecule has 2 fully saturated rings. The molecule has 4 nitrogen and oxygen atoms in total. The maximum Gasteiger partial charge on any atom is 0.238 e. The Morgan fingerprint density at radius 2 is 2.00 bits per heavy atom. The molecule has 1 aliphatic heterocycles. The van der Waals surface area contributed by atoms with Crippen LogP contribution in [-0.4, -0.2) is 24.7 Å². The molecule has 1 unspecified atom stereocenters. The van der Waals surface area contributed by atoms with Crippen molar-refractivity contribution in [3.05, 3.63) is 0 Å². The first-order chi connectivity index (χ1) is 6.11. The van der Waals surface area contributed by atoms with E-state index in [0.717, 1.165) is 19.3 Å². The zero-order valence-corrected chi connectivity index (χ0v) is 7.71. The number of hydrogen-bond donors (Lipinski definition) is 2. The predicted molar refractivity (Wildman–Crippen MR) is 47.8 cm³/mol. The van der Waals surface area contributed by atoms with Gasteiger partial charge in [0.15, 0.2) is 0 Å². The monoisotopic (exact) mass is 184 g/mol. The van der Waals surface area contributed by atoms with E-state index in [1.807, 2.05) is 0 Å². The smallest absolute Gasteiger partial charge is 0.238 e. The van der Waals surface area contributed by atoms with E-state index in [1.165, 1.54) is 0 Å². The molecule has 1 aliphatic carbocycles. The molecule has 0 radical (unpaired) electrons. The topological polar surface area (TPSA) is 78.3 Å². The molecule has 1 saturated heterocycles. The van der Waals surface area contributed by atoms with Crippen LogP contribution < -0.4 is 11.5 Å². The highest BCUT2D eigenvalue weighted by molar-refractivity contribution is 5.86. The molecule has 2 rings (SSSR count). The maximum absolute atomic E-state index is 11.3. The third-order valence-electron chi connectivity index (χ3n) is 3.72. The average molecular weight is 184 g/mol. The van der Waals surface area contributed by atoms with Gasteiger partial charge in [-0.25, -0.2) is 0 Å². The summed E-state index contributed by atoms with van der Waals surface area (Å²) in [6.07, 6.45) is 3.66. The molecule has 74 valence electrons. The van der Waals surface area contributed by atoms with Gasteiger partial charge in [0.2, 0.25) is 5.91 Å². The van der Waals surface area contributed by atoms with Gasteiger partial charge >= 0.3 is 0 Å². The van der Waals surface area contributed by atoms with E-state index in [9.17, 15) is 4.79 Å². The van der Waals surface area contributed by atoms with Crippen LogP contribution in [0.15, 0.2) is 0 Å². The van der Waals surface area contributed by atoms with Crippen molar-refractivity contribution in [3.8, 4) is 0 Å². The summed E-state index contributed by atoms with van der Waals surface area (Å²) in [7, 11) is 0. The zero-order valence-electron chi connectivity index (χ0n) is 7.71. The summed E-state index contributed by atoms with van der Waals surface area (Å²) in [6.45, 7) is 1.16. The van der Waals surface area contributed by atoms with Crippen LogP contribution in [0.5, 0.6) is 0 Å². The fourth-order valence-electron chi connectivity index (χ4n) is 2.47. The average Bonchev–Trinajstić information content (AvgIpc) is 2.02. The molecule has 4 heteroatoms. The Morgan fingerprint density at radius 3 is 2.38 bits per heavy atom. The van der Waals surface area contributed by atoms with Gasteiger partial charge in [-0.3, -0.25) is 4.79 Å². The SMILES string of the molecule is NC(=O)C1(N)CCOCC12CCC2. The molecule has 0 aromatic heterocycles.